The zero-order valence-corrected chi connectivity index (χ0v) is 16.1. The molecule has 7 nitrogen and oxygen atoms in total. The number of piperidine rings is 1. The topological polar surface area (TPSA) is 90.5 Å². The summed E-state index contributed by atoms with van der Waals surface area (Å²) < 4.78 is 13.1. The van der Waals surface area contributed by atoms with E-state index in [-0.39, 0.29) is 36.9 Å². The third kappa shape index (κ3) is 4.22. The number of halogens is 2. The lowest BCUT2D eigenvalue weighted by molar-refractivity contribution is -0.135. The van der Waals surface area contributed by atoms with Gasteiger partial charge in [-0.2, -0.15) is 0 Å². The van der Waals surface area contributed by atoms with Gasteiger partial charge in [-0.1, -0.05) is 12.1 Å². The molecular weight excluding hydrogens is 375 g/mol. The number of nitrogens with one attached hydrogen (secondary N) is 3. The maximum atomic E-state index is 13.1. The van der Waals surface area contributed by atoms with Crippen LogP contribution in [-0.2, 0) is 15.1 Å². The summed E-state index contributed by atoms with van der Waals surface area (Å²) in [6, 6.07) is 4.84. The van der Waals surface area contributed by atoms with Crippen molar-refractivity contribution in [2.75, 3.05) is 13.1 Å². The molecular formula is C18H24ClFN4O3. The van der Waals surface area contributed by atoms with Crippen LogP contribution in [0.3, 0.4) is 0 Å². The lowest BCUT2D eigenvalue weighted by Crippen LogP contribution is -2.54. The molecule has 0 bridgehead atoms. The highest BCUT2D eigenvalue weighted by atomic mass is 35.5. The molecule has 2 heterocycles. The minimum absolute atomic E-state index is 0. The van der Waals surface area contributed by atoms with E-state index in [1.807, 2.05) is 6.92 Å². The molecule has 3 N–H and O–H groups in total. The lowest BCUT2D eigenvalue weighted by Gasteiger charge is -2.31. The summed E-state index contributed by atoms with van der Waals surface area (Å²) in [7, 11) is 0. The molecule has 2 saturated heterocycles. The first kappa shape index (κ1) is 21.1. The molecule has 1 aromatic carbocycles. The summed E-state index contributed by atoms with van der Waals surface area (Å²) in [4.78, 5) is 38.3. The monoisotopic (exact) mass is 398 g/mol. The Morgan fingerprint density at radius 3 is 2.63 bits per heavy atom. The first-order chi connectivity index (χ1) is 12.3. The van der Waals surface area contributed by atoms with Crippen LogP contribution in [0.25, 0.3) is 0 Å². The highest BCUT2D eigenvalue weighted by molar-refractivity contribution is 6.09. The van der Waals surface area contributed by atoms with Gasteiger partial charge in [0, 0.05) is 12.1 Å². The van der Waals surface area contributed by atoms with E-state index in [1.165, 1.54) is 24.3 Å². The highest BCUT2D eigenvalue weighted by Crippen LogP contribution is 2.28. The van der Waals surface area contributed by atoms with Crippen LogP contribution in [0.2, 0.25) is 0 Å². The number of hydrogen-bond donors (Lipinski definition) is 3. The predicted octanol–water partition coefficient (Wildman–Crippen LogP) is 1.27. The minimum atomic E-state index is -1.31. The Morgan fingerprint density at radius 2 is 2.00 bits per heavy atom. The molecule has 2 fully saturated rings. The van der Waals surface area contributed by atoms with Gasteiger partial charge in [-0.25, -0.2) is 9.18 Å². The zero-order chi connectivity index (χ0) is 18.9. The Balaban J connectivity index is 0.00000261. The van der Waals surface area contributed by atoms with Gasteiger partial charge in [0.1, 0.15) is 17.9 Å². The second kappa shape index (κ2) is 8.22. The molecule has 0 aromatic heterocycles. The number of carbonyl (C=O) groups is 3. The minimum Gasteiger partial charge on any atom is -0.350 e. The van der Waals surface area contributed by atoms with Crippen LogP contribution in [0.4, 0.5) is 9.18 Å². The number of benzene rings is 1. The third-order valence-electron chi connectivity index (χ3n) is 5.11. The Morgan fingerprint density at radius 1 is 1.33 bits per heavy atom. The molecule has 27 heavy (non-hydrogen) atoms. The van der Waals surface area contributed by atoms with Crippen molar-refractivity contribution in [2.45, 2.75) is 44.3 Å². The van der Waals surface area contributed by atoms with E-state index in [9.17, 15) is 18.8 Å². The van der Waals surface area contributed by atoms with Crippen LogP contribution in [0, 0.1) is 5.82 Å². The first-order valence-electron chi connectivity index (χ1n) is 8.74. The summed E-state index contributed by atoms with van der Waals surface area (Å²) in [5.74, 6) is -1.34. The molecule has 1 aromatic rings. The van der Waals surface area contributed by atoms with Crippen molar-refractivity contribution in [3.05, 3.63) is 35.6 Å². The van der Waals surface area contributed by atoms with Gasteiger partial charge in [0.15, 0.2) is 0 Å². The number of imide groups is 1. The molecule has 0 radical (unpaired) electrons. The standard InChI is InChI=1S/C18H23FN4O3.ClH/c1-11-14(4-3-9-20-11)21-15(24)10-23-16(25)18(2,22-17(23)26)12-5-7-13(19)8-6-12;/h5-8,11,14,20H,3-4,9-10H2,1-2H3,(H,21,24)(H,22,26);1H. The van der Waals surface area contributed by atoms with Gasteiger partial charge in [-0.15, -0.1) is 12.4 Å². The number of hydrogen-bond acceptors (Lipinski definition) is 4. The van der Waals surface area contributed by atoms with Crippen molar-refractivity contribution in [3.63, 3.8) is 0 Å². The van der Waals surface area contributed by atoms with Gasteiger partial charge in [0.25, 0.3) is 5.91 Å². The Kier molecular flexibility index (Phi) is 6.43. The molecule has 2 aliphatic heterocycles. The molecule has 4 amide bonds. The normalized spacial score (nSPS) is 27.7. The van der Waals surface area contributed by atoms with Crippen LogP contribution in [0.5, 0.6) is 0 Å². The van der Waals surface area contributed by atoms with Crippen LogP contribution in [-0.4, -0.2) is 47.9 Å². The average molecular weight is 399 g/mol. The molecule has 0 saturated carbocycles. The molecule has 0 spiro atoms. The SMILES string of the molecule is CC1NCCCC1NC(=O)CN1C(=O)NC(C)(c2ccc(F)cc2)C1=O.Cl. The van der Waals surface area contributed by atoms with Crippen LogP contribution in [0.1, 0.15) is 32.3 Å². The van der Waals surface area contributed by atoms with Crippen molar-refractivity contribution in [3.8, 4) is 0 Å². The third-order valence-corrected chi connectivity index (χ3v) is 5.11. The van der Waals surface area contributed by atoms with E-state index < -0.39 is 23.3 Å². The quantitative estimate of drug-likeness (QED) is 0.666. The number of amides is 4. The number of rotatable bonds is 4. The maximum absolute atomic E-state index is 13.1. The van der Waals surface area contributed by atoms with Crippen LogP contribution < -0.4 is 16.0 Å². The van der Waals surface area contributed by atoms with Crippen molar-refractivity contribution in [2.24, 2.45) is 0 Å². The molecule has 9 heteroatoms. The second-order valence-corrected chi connectivity index (χ2v) is 7.01. The molecule has 148 valence electrons. The van der Waals surface area contributed by atoms with E-state index in [2.05, 4.69) is 16.0 Å². The van der Waals surface area contributed by atoms with Gasteiger partial charge in [0.05, 0.1) is 0 Å². The summed E-state index contributed by atoms with van der Waals surface area (Å²) in [6.07, 6.45) is 1.81. The number of nitrogens with zero attached hydrogens (tertiary/aromatic N) is 1. The van der Waals surface area contributed by atoms with Crippen molar-refractivity contribution < 1.29 is 18.8 Å². The predicted molar refractivity (Wildman–Crippen MR) is 99.9 cm³/mol. The maximum Gasteiger partial charge on any atom is 0.325 e. The highest BCUT2D eigenvalue weighted by Gasteiger charge is 2.49. The van der Waals surface area contributed by atoms with Crippen molar-refractivity contribution in [1.82, 2.24) is 20.9 Å². The molecule has 2 aliphatic rings. The molecule has 3 unspecified atom stereocenters. The van der Waals surface area contributed by atoms with E-state index >= 15 is 0 Å². The van der Waals surface area contributed by atoms with Crippen molar-refractivity contribution in [1.29, 1.82) is 0 Å². The summed E-state index contributed by atoms with van der Waals surface area (Å²) >= 11 is 0. The fourth-order valence-corrected chi connectivity index (χ4v) is 3.46. The molecule has 3 atom stereocenters. The van der Waals surface area contributed by atoms with Gasteiger partial charge in [-0.3, -0.25) is 14.5 Å². The van der Waals surface area contributed by atoms with Crippen LogP contribution in [0.15, 0.2) is 24.3 Å². The van der Waals surface area contributed by atoms with Gasteiger partial charge < -0.3 is 16.0 Å². The van der Waals surface area contributed by atoms with Crippen molar-refractivity contribution >= 4 is 30.3 Å². The zero-order valence-electron chi connectivity index (χ0n) is 15.3. The largest absolute Gasteiger partial charge is 0.350 e. The summed E-state index contributed by atoms with van der Waals surface area (Å²) in [6.45, 7) is 4.11. The average Bonchev–Trinajstić information content (AvgIpc) is 2.82. The van der Waals surface area contributed by atoms with Gasteiger partial charge in [0.2, 0.25) is 5.91 Å². The van der Waals surface area contributed by atoms with E-state index in [4.69, 9.17) is 0 Å². The first-order valence-corrected chi connectivity index (χ1v) is 8.74. The Bertz CT molecular complexity index is 730. The summed E-state index contributed by atoms with van der Waals surface area (Å²) in [5.41, 5.74) is -0.852. The van der Waals surface area contributed by atoms with Gasteiger partial charge >= 0.3 is 6.03 Å². The second-order valence-electron chi connectivity index (χ2n) is 7.01. The number of urea groups is 1. The van der Waals surface area contributed by atoms with Gasteiger partial charge in [-0.05, 0) is 50.9 Å². The number of carbonyl (C=O) groups excluding carboxylic acids is 3. The molecule has 3 rings (SSSR count). The lowest BCUT2D eigenvalue weighted by atomic mass is 9.92. The smallest absolute Gasteiger partial charge is 0.325 e. The van der Waals surface area contributed by atoms with E-state index in [0.717, 1.165) is 24.3 Å². The molecule has 0 aliphatic carbocycles. The fourth-order valence-electron chi connectivity index (χ4n) is 3.46. The fraction of sp³-hybridized carbons (Fsp3) is 0.500. The Labute approximate surface area is 163 Å². The van der Waals surface area contributed by atoms with E-state index in [1.54, 1.807) is 6.92 Å². The van der Waals surface area contributed by atoms with Crippen LogP contribution >= 0.6 is 12.4 Å². The van der Waals surface area contributed by atoms with E-state index in [0.29, 0.717) is 5.56 Å². The summed E-state index contributed by atoms with van der Waals surface area (Å²) in [5, 5.41) is 8.78. The Hall–Kier alpha value is -2.19.